The Morgan fingerprint density at radius 3 is 2.33 bits per heavy atom. The van der Waals surface area contributed by atoms with Gasteiger partial charge in [-0.1, -0.05) is 17.7 Å². The molecule has 0 fully saturated rings. The fourth-order valence-electron chi connectivity index (χ4n) is 2.05. The molecule has 0 bridgehead atoms. The van der Waals surface area contributed by atoms with Crippen LogP contribution in [0.4, 0.5) is 0 Å². The number of hydrogen-bond donors (Lipinski definition) is 0. The Bertz CT molecular complexity index is 614. The summed E-state index contributed by atoms with van der Waals surface area (Å²) < 4.78 is 0. The van der Waals surface area contributed by atoms with E-state index in [4.69, 9.17) is 0 Å². The summed E-state index contributed by atoms with van der Waals surface area (Å²) in [4.78, 5) is 16.9. The molecular weight excluding hydrogens is 222 g/mol. The second kappa shape index (κ2) is 4.73. The van der Waals surface area contributed by atoms with Gasteiger partial charge in [-0.2, -0.15) is 0 Å². The fraction of sp³-hybridized carbons (Fsp3) is 0.250. The van der Waals surface area contributed by atoms with Crippen LogP contribution in [0.25, 0.3) is 0 Å². The van der Waals surface area contributed by atoms with Gasteiger partial charge in [-0.3, -0.25) is 9.78 Å². The highest BCUT2D eigenvalue weighted by molar-refractivity contribution is 6.10. The predicted molar refractivity (Wildman–Crippen MR) is 73.1 cm³/mol. The van der Waals surface area contributed by atoms with Crippen LogP contribution < -0.4 is 0 Å². The minimum absolute atomic E-state index is 0.0567. The van der Waals surface area contributed by atoms with E-state index in [0.29, 0.717) is 5.56 Å². The van der Waals surface area contributed by atoms with Crippen LogP contribution >= 0.6 is 0 Å². The molecule has 0 radical (unpaired) electrons. The van der Waals surface area contributed by atoms with Crippen molar-refractivity contribution in [2.75, 3.05) is 0 Å². The minimum atomic E-state index is 0.0567. The molecular formula is C16H17NO. The number of benzene rings is 1. The van der Waals surface area contributed by atoms with Crippen molar-refractivity contribution in [1.82, 2.24) is 4.98 Å². The number of carbonyl (C=O) groups excluding carboxylic acids is 1. The lowest BCUT2D eigenvalue weighted by Gasteiger charge is -2.08. The van der Waals surface area contributed by atoms with Gasteiger partial charge in [0.15, 0.2) is 5.78 Å². The van der Waals surface area contributed by atoms with E-state index in [1.165, 1.54) is 0 Å². The Morgan fingerprint density at radius 2 is 1.67 bits per heavy atom. The van der Waals surface area contributed by atoms with Gasteiger partial charge in [-0.25, -0.2) is 0 Å². The van der Waals surface area contributed by atoms with E-state index >= 15 is 0 Å². The van der Waals surface area contributed by atoms with Gasteiger partial charge in [0.1, 0.15) is 0 Å². The van der Waals surface area contributed by atoms with Crippen LogP contribution in [0.15, 0.2) is 30.3 Å². The lowest BCUT2D eigenvalue weighted by Crippen LogP contribution is -2.07. The molecule has 0 amide bonds. The van der Waals surface area contributed by atoms with E-state index in [-0.39, 0.29) is 5.78 Å². The first-order chi connectivity index (χ1) is 8.49. The molecule has 0 saturated carbocycles. The second-order valence-corrected chi connectivity index (χ2v) is 4.73. The molecule has 18 heavy (non-hydrogen) atoms. The summed E-state index contributed by atoms with van der Waals surface area (Å²) in [7, 11) is 0. The summed E-state index contributed by atoms with van der Waals surface area (Å²) in [6, 6.07) is 9.69. The summed E-state index contributed by atoms with van der Waals surface area (Å²) in [5, 5.41) is 0. The van der Waals surface area contributed by atoms with E-state index in [1.807, 2.05) is 58.0 Å². The van der Waals surface area contributed by atoms with Gasteiger partial charge >= 0.3 is 0 Å². The average molecular weight is 239 g/mol. The van der Waals surface area contributed by atoms with Gasteiger partial charge in [0.05, 0.1) is 0 Å². The van der Waals surface area contributed by atoms with Crippen molar-refractivity contribution in [2.24, 2.45) is 0 Å². The molecule has 0 saturated heterocycles. The Labute approximate surface area is 108 Å². The fourth-order valence-corrected chi connectivity index (χ4v) is 2.05. The number of aromatic nitrogens is 1. The molecule has 0 aliphatic carbocycles. The number of ketones is 1. The van der Waals surface area contributed by atoms with Gasteiger partial charge in [0.25, 0.3) is 0 Å². The molecule has 0 atom stereocenters. The zero-order valence-corrected chi connectivity index (χ0v) is 11.2. The molecule has 0 N–H and O–H groups in total. The normalized spacial score (nSPS) is 10.4. The van der Waals surface area contributed by atoms with Crippen molar-refractivity contribution in [2.45, 2.75) is 27.7 Å². The Hall–Kier alpha value is -1.96. The molecule has 1 aromatic carbocycles. The van der Waals surface area contributed by atoms with E-state index in [1.54, 1.807) is 0 Å². The van der Waals surface area contributed by atoms with Gasteiger partial charge in [-0.15, -0.1) is 0 Å². The highest BCUT2D eigenvalue weighted by atomic mass is 16.1. The largest absolute Gasteiger partial charge is 0.289 e. The maximum Gasteiger partial charge on any atom is 0.195 e. The molecule has 1 heterocycles. The zero-order chi connectivity index (χ0) is 13.3. The van der Waals surface area contributed by atoms with E-state index in [9.17, 15) is 4.79 Å². The molecule has 0 aliphatic heterocycles. The van der Waals surface area contributed by atoms with Gasteiger partial charge in [0, 0.05) is 22.5 Å². The van der Waals surface area contributed by atoms with Crippen LogP contribution in [0.2, 0.25) is 0 Å². The Kier molecular flexibility index (Phi) is 3.28. The molecule has 0 spiro atoms. The number of aryl methyl sites for hydroxylation is 4. The number of hydrogen-bond acceptors (Lipinski definition) is 2. The van der Waals surface area contributed by atoms with Crippen LogP contribution in [-0.2, 0) is 0 Å². The molecule has 2 rings (SSSR count). The summed E-state index contributed by atoms with van der Waals surface area (Å²) in [5.41, 5.74) is 5.29. The molecule has 1 aromatic heterocycles. The minimum Gasteiger partial charge on any atom is -0.289 e. The summed E-state index contributed by atoms with van der Waals surface area (Å²) in [6.07, 6.45) is 0. The number of rotatable bonds is 2. The Morgan fingerprint density at radius 1 is 0.944 bits per heavy atom. The molecule has 92 valence electrons. The second-order valence-electron chi connectivity index (χ2n) is 4.73. The van der Waals surface area contributed by atoms with E-state index in [2.05, 4.69) is 4.98 Å². The monoisotopic (exact) mass is 239 g/mol. The third kappa shape index (κ3) is 2.33. The average Bonchev–Trinajstić information content (AvgIpc) is 2.31. The highest BCUT2D eigenvalue weighted by Crippen LogP contribution is 2.17. The number of nitrogens with zero attached hydrogens (tertiary/aromatic N) is 1. The van der Waals surface area contributed by atoms with Crippen molar-refractivity contribution < 1.29 is 4.79 Å². The van der Waals surface area contributed by atoms with Crippen LogP contribution in [0.3, 0.4) is 0 Å². The summed E-state index contributed by atoms with van der Waals surface area (Å²) in [5.74, 6) is 0.0567. The van der Waals surface area contributed by atoms with Gasteiger partial charge in [0.2, 0.25) is 0 Å². The number of carbonyl (C=O) groups is 1. The van der Waals surface area contributed by atoms with Crippen LogP contribution in [0, 0.1) is 27.7 Å². The quantitative estimate of drug-likeness (QED) is 0.750. The van der Waals surface area contributed by atoms with E-state index in [0.717, 1.165) is 28.1 Å². The SMILES string of the molecule is Cc1ccc(C)c(C(=O)c2ccc(C)nc2C)c1. The third-order valence-corrected chi connectivity index (χ3v) is 3.11. The number of pyridine rings is 1. The van der Waals surface area contributed by atoms with Crippen LogP contribution in [-0.4, -0.2) is 10.8 Å². The molecule has 0 aliphatic rings. The first kappa shape index (κ1) is 12.5. The van der Waals surface area contributed by atoms with E-state index < -0.39 is 0 Å². The lowest BCUT2D eigenvalue weighted by molar-refractivity contribution is 0.103. The predicted octanol–water partition coefficient (Wildman–Crippen LogP) is 3.55. The third-order valence-electron chi connectivity index (χ3n) is 3.11. The maximum absolute atomic E-state index is 12.5. The molecule has 0 unspecified atom stereocenters. The van der Waals surface area contributed by atoms with Crippen molar-refractivity contribution >= 4 is 5.78 Å². The summed E-state index contributed by atoms with van der Waals surface area (Å²) in [6.45, 7) is 7.77. The zero-order valence-electron chi connectivity index (χ0n) is 11.2. The molecule has 2 aromatic rings. The topological polar surface area (TPSA) is 30.0 Å². The maximum atomic E-state index is 12.5. The Balaban J connectivity index is 2.51. The van der Waals surface area contributed by atoms with Gasteiger partial charge < -0.3 is 0 Å². The first-order valence-corrected chi connectivity index (χ1v) is 6.05. The lowest BCUT2D eigenvalue weighted by atomic mass is 9.96. The smallest absolute Gasteiger partial charge is 0.195 e. The first-order valence-electron chi connectivity index (χ1n) is 6.05. The summed E-state index contributed by atoms with van der Waals surface area (Å²) >= 11 is 0. The van der Waals surface area contributed by atoms with Crippen molar-refractivity contribution in [3.8, 4) is 0 Å². The standard InChI is InChI=1S/C16H17NO/c1-10-5-6-11(2)15(9-10)16(18)14-8-7-12(3)17-13(14)4/h5-9H,1-4H3. The van der Waals surface area contributed by atoms with Crippen molar-refractivity contribution in [3.63, 3.8) is 0 Å². The van der Waals surface area contributed by atoms with Crippen molar-refractivity contribution in [3.05, 3.63) is 64.0 Å². The molecule has 2 heteroatoms. The van der Waals surface area contributed by atoms with Gasteiger partial charge in [-0.05, 0) is 51.5 Å². The molecule has 2 nitrogen and oxygen atoms in total. The van der Waals surface area contributed by atoms with Crippen molar-refractivity contribution in [1.29, 1.82) is 0 Å². The van der Waals surface area contributed by atoms with Crippen LogP contribution in [0.5, 0.6) is 0 Å². The highest BCUT2D eigenvalue weighted by Gasteiger charge is 2.14. The van der Waals surface area contributed by atoms with Crippen LogP contribution in [0.1, 0.15) is 38.4 Å².